The van der Waals surface area contributed by atoms with E-state index in [-0.39, 0.29) is 11.8 Å². The molecule has 174 valence electrons. The van der Waals surface area contributed by atoms with Gasteiger partial charge in [-0.15, -0.1) is 0 Å². The zero-order chi connectivity index (χ0) is 22.9. The molecular formula is C27H32F4O. The van der Waals surface area contributed by atoms with Crippen LogP contribution in [0.25, 0.3) is 0 Å². The highest BCUT2D eigenvalue weighted by Crippen LogP contribution is 2.40. The molecule has 5 heteroatoms. The van der Waals surface area contributed by atoms with E-state index in [2.05, 4.69) is 13.8 Å². The third-order valence-corrected chi connectivity index (χ3v) is 7.48. The summed E-state index contributed by atoms with van der Waals surface area (Å²) in [4.78, 5) is 0. The molecule has 2 fully saturated rings. The van der Waals surface area contributed by atoms with Crippen LogP contribution >= 0.6 is 0 Å². The third-order valence-electron chi connectivity index (χ3n) is 7.48. The summed E-state index contributed by atoms with van der Waals surface area (Å²) in [6, 6.07) is 8.01. The number of hydrogen-bond acceptors (Lipinski definition) is 1. The van der Waals surface area contributed by atoms with Gasteiger partial charge in [0, 0.05) is 0 Å². The molecular weight excluding hydrogens is 416 g/mol. The van der Waals surface area contributed by atoms with E-state index in [4.69, 9.17) is 4.74 Å². The molecule has 0 bridgehead atoms. The fourth-order valence-electron chi connectivity index (χ4n) is 5.26. The van der Waals surface area contributed by atoms with Gasteiger partial charge in [0.15, 0.2) is 11.6 Å². The molecule has 0 N–H and O–H groups in total. The Kier molecular flexibility index (Phi) is 6.83. The summed E-state index contributed by atoms with van der Waals surface area (Å²) in [5.41, 5.74) is 0.684. The Morgan fingerprint density at radius 3 is 1.62 bits per heavy atom. The minimum atomic E-state index is -3.97. The molecule has 0 atom stereocenters. The average Bonchev–Trinajstić information content (AvgIpc) is 2.76. The standard InChI is InChI=1S/C27H32F4O/c1-17-3-7-19(8-4-17)21-11-13-23(24(28)15-21)27(30,31)32-26-14-12-22(16-25(26)29)20-9-5-18(2)6-10-20/h11-20H,3-10H2,1-2H3. The van der Waals surface area contributed by atoms with Crippen molar-refractivity contribution in [1.29, 1.82) is 0 Å². The molecule has 0 heterocycles. The summed E-state index contributed by atoms with van der Waals surface area (Å²) < 4.78 is 63.5. The zero-order valence-corrected chi connectivity index (χ0v) is 18.9. The van der Waals surface area contributed by atoms with Gasteiger partial charge >= 0.3 is 6.11 Å². The SMILES string of the molecule is CC1CCC(c2ccc(OC(F)(F)c3ccc(C4CCC(C)CC4)cc3F)c(F)c2)CC1. The molecule has 2 aromatic carbocycles. The second kappa shape index (κ2) is 9.44. The van der Waals surface area contributed by atoms with E-state index in [1.807, 2.05) is 0 Å². The van der Waals surface area contributed by atoms with E-state index in [9.17, 15) is 17.6 Å². The Morgan fingerprint density at radius 1 is 0.688 bits per heavy atom. The Hall–Kier alpha value is -2.04. The van der Waals surface area contributed by atoms with Gasteiger partial charge in [0.2, 0.25) is 0 Å². The number of rotatable bonds is 5. The molecule has 2 saturated carbocycles. The first-order valence-electron chi connectivity index (χ1n) is 11.9. The fourth-order valence-corrected chi connectivity index (χ4v) is 5.26. The van der Waals surface area contributed by atoms with Crippen LogP contribution in [0.1, 0.15) is 93.7 Å². The highest BCUT2D eigenvalue weighted by atomic mass is 19.3. The zero-order valence-electron chi connectivity index (χ0n) is 18.9. The van der Waals surface area contributed by atoms with Crippen molar-refractivity contribution in [2.24, 2.45) is 11.8 Å². The van der Waals surface area contributed by atoms with Crippen LogP contribution in [0.2, 0.25) is 0 Å². The third kappa shape index (κ3) is 5.13. The first-order valence-corrected chi connectivity index (χ1v) is 11.9. The van der Waals surface area contributed by atoms with E-state index >= 15 is 0 Å². The van der Waals surface area contributed by atoms with E-state index < -0.39 is 29.1 Å². The molecule has 0 amide bonds. The second-order valence-electron chi connectivity index (χ2n) is 9.96. The summed E-state index contributed by atoms with van der Waals surface area (Å²) in [6.45, 7) is 4.40. The highest BCUT2D eigenvalue weighted by molar-refractivity contribution is 5.34. The second-order valence-corrected chi connectivity index (χ2v) is 9.96. The Bertz CT molecular complexity index is 925. The van der Waals surface area contributed by atoms with Crippen molar-refractivity contribution in [1.82, 2.24) is 0 Å². The van der Waals surface area contributed by atoms with Crippen LogP contribution in [-0.2, 0) is 6.11 Å². The van der Waals surface area contributed by atoms with Gasteiger partial charge in [0.05, 0.1) is 5.56 Å². The summed E-state index contributed by atoms with van der Waals surface area (Å²) in [6.07, 6.45) is 4.12. The van der Waals surface area contributed by atoms with E-state index in [1.54, 1.807) is 12.1 Å². The van der Waals surface area contributed by atoms with E-state index in [1.165, 1.54) is 18.2 Å². The van der Waals surface area contributed by atoms with Crippen molar-refractivity contribution in [3.05, 3.63) is 64.7 Å². The lowest BCUT2D eigenvalue weighted by Gasteiger charge is -2.27. The number of halogens is 4. The smallest absolute Gasteiger partial charge is 0.426 e. The van der Waals surface area contributed by atoms with Crippen LogP contribution in [0.15, 0.2) is 36.4 Å². The van der Waals surface area contributed by atoms with Gasteiger partial charge in [-0.2, -0.15) is 8.78 Å². The number of benzene rings is 2. The van der Waals surface area contributed by atoms with Gasteiger partial charge in [-0.05, 0) is 84.7 Å². The average molecular weight is 449 g/mol. The molecule has 0 aliphatic heterocycles. The van der Waals surface area contributed by atoms with Crippen molar-refractivity contribution in [3.63, 3.8) is 0 Å². The van der Waals surface area contributed by atoms with Gasteiger partial charge in [-0.1, -0.05) is 51.7 Å². The molecule has 0 saturated heterocycles. The highest BCUT2D eigenvalue weighted by Gasteiger charge is 2.39. The van der Waals surface area contributed by atoms with Crippen molar-refractivity contribution >= 4 is 0 Å². The van der Waals surface area contributed by atoms with Crippen LogP contribution in [0, 0.1) is 23.5 Å². The molecule has 0 aromatic heterocycles. The summed E-state index contributed by atoms with van der Waals surface area (Å²) >= 11 is 0. The molecule has 4 rings (SSSR count). The molecule has 2 aliphatic carbocycles. The van der Waals surface area contributed by atoms with Crippen molar-refractivity contribution in [2.45, 2.75) is 83.2 Å². The number of hydrogen-bond donors (Lipinski definition) is 0. The summed E-state index contributed by atoms with van der Waals surface area (Å²) in [5, 5.41) is 0. The summed E-state index contributed by atoms with van der Waals surface area (Å²) in [5.74, 6) is -0.669. The Balaban J connectivity index is 1.47. The van der Waals surface area contributed by atoms with Crippen LogP contribution in [0.5, 0.6) is 5.75 Å². The van der Waals surface area contributed by atoms with E-state index in [0.717, 1.165) is 68.6 Å². The van der Waals surface area contributed by atoms with Gasteiger partial charge < -0.3 is 4.74 Å². The van der Waals surface area contributed by atoms with Crippen molar-refractivity contribution < 1.29 is 22.3 Å². The Morgan fingerprint density at radius 2 is 1.16 bits per heavy atom. The van der Waals surface area contributed by atoms with Crippen molar-refractivity contribution in [3.8, 4) is 5.75 Å². The predicted octanol–water partition coefficient (Wildman–Crippen LogP) is 8.68. The minimum Gasteiger partial charge on any atom is -0.426 e. The quantitative estimate of drug-likeness (QED) is 0.416. The van der Waals surface area contributed by atoms with E-state index in [0.29, 0.717) is 11.8 Å². The lowest BCUT2D eigenvalue weighted by molar-refractivity contribution is -0.188. The maximum absolute atomic E-state index is 14.8. The maximum Gasteiger partial charge on any atom is 0.429 e. The molecule has 0 radical (unpaired) electrons. The van der Waals surface area contributed by atoms with Gasteiger partial charge in [0.1, 0.15) is 5.82 Å². The predicted molar refractivity (Wildman–Crippen MR) is 118 cm³/mol. The first-order chi connectivity index (χ1) is 15.2. The summed E-state index contributed by atoms with van der Waals surface area (Å²) in [7, 11) is 0. The fraction of sp³-hybridized carbons (Fsp3) is 0.556. The molecule has 0 spiro atoms. The number of alkyl halides is 2. The van der Waals surface area contributed by atoms with Crippen molar-refractivity contribution in [2.75, 3.05) is 0 Å². The lowest BCUT2D eigenvalue weighted by atomic mass is 9.79. The van der Waals surface area contributed by atoms with Crippen LogP contribution in [-0.4, -0.2) is 0 Å². The Labute approximate surface area is 188 Å². The lowest BCUT2D eigenvalue weighted by Crippen LogP contribution is -2.24. The molecule has 32 heavy (non-hydrogen) atoms. The molecule has 1 nitrogen and oxygen atoms in total. The normalized spacial score (nSPS) is 26.7. The number of ether oxygens (including phenoxy) is 1. The van der Waals surface area contributed by atoms with Gasteiger partial charge in [0.25, 0.3) is 0 Å². The topological polar surface area (TPSA) is 9.23 Å². The largest absolute Gasteiger partial charge is 0.429 e. The van der Waals surface area contributed by atoms with Crippen LogP contribution < -0.4 is 4.74 Å². The van der Waals surface area contributed by atoms with Gasteiger partial charge in [-0.25, -0.2) is 8.78 Å². The van der Waals surface area contributed by atoms with Gasteiger partial charge in [-0.3, -0.25) is 0 Å². The maximum atomic E-state index is 14.8. The van der Waals surface area contributed by atoms with Crippen LogP contribution in [0.4, 0.5) is 17.6 Å². The molecule has 2 aliphatic rings. The minimum absolute atomic E-state index is 0.192. The molecule has 2 aromatic rings. The first kappa shape index (κ1) is 23.1. The van der Waals surface area contributed by atoms with Crippen LogP contribution in [0.3, 0.4) is 0 Å². The monoisotopic (exact) mass is 448 g/mol. The molecule has 0 unspecified atom stereocenters.